The van der Waals surface area contributed by atoms with Gasteiger partial charge in [-0.15, -0.1) is 0 Å². The summed E-state index contributed by atoms with van der Waals surface area (Å²) >= 11 is 0. The molecule has 0 amide bonds. The molecule has 1 rings (SSSR count). The Hall–Kier alpha value is -0.240. The van der Waals surface area contributed by atoms with Crippen LogP contribution in [0, 0.1) is 5.92 Å². The first-order chi connectivity index (χ1) is 6.65. The van der Waals surface area contributed by atoms with Crippen LogP contribution < -0.4 is 5.73 Å². The van der Waals surface area contributed by atoms with E-state index in [1.54, 1.807) is 0 Å². The monoisotopic (exact) mass is 207 g/mol. The van der Waals surface area contributed by atoms with E-state index in [0.29, 0.717) is 0 Å². The molecule has 14 heavy (non-hydrogen) atoms. The van der Waals surface area contributed by atoms with E-state index in [0.717, 1.165) is 0 Å². The molecule has 0 spiro atoms. The molecular weight excluding hydrogens is 190 g/mol. The van der Waals surface area contributed by atoms with E-state index in [2.05, 4.69) is 0 Å². The summed E-state index contributed by atoms with van der Waals surface area (Å²) in [6.45, 7) is -0.934. The van der Waals surface area contributed by atoms with E-state index in [4.69, 9.17) is 25.8 Å². The number of hydrogen-bond acceptors (Lipinski definition) is 6. The molecule has 1 saturated heterocycles. The Morgan fingerprint density at radius 2 is 1.57 bits per heavy atom. The Bertz CT molecular complexity index is 177. The van der Waals surface area contributed by atoms with Crippen LogP contribution in [0.3, 0.4) is 0 Å². The van der Waals surface area contributed by atoms with Crippen molar-refractivity contribution < 1.29 is 25.2 Å². The maximum atomic E-state index is 9.65. The molecule has 0 radical (unpaired) electrons. The lowest BCUT2D eigenvalue weighted by molar-refractivity contribution is -0.178. The predicted octanol–water partition coefficient (Wildman–Crippen LogP) is -2.96. The fourth-order valence-corrected chi connectivity index (χ4v) is 1.71. The van der Waals surface area contributed by atoms with Crippen LogP contribution >= 0.6 is 0 Å². The molecule has 5 atom stereocenters. The highest BCUT2D eigenvalue weighted by atomic mass is 16.5. The van der Waals surface area contributed by atoms with E-state index in [1.807, 2.05) is 0 Å². The molecule has 84 valence electrons. The van der Waals surface area contributed by atoms with E-state index in [9.17, 15) is 5.11 Å². The van der Waals surface area contributed by atoms with E-state index in [-0.39, 0.29) is 19.8 Å². The van der Waals surface area contributed by atoms with E-state index in [1.165, 1.54) is 0 Å². The van der Waals surface area contributed by atoms with Crippen molar-refractivity contribution in [2.75, 3.05) is 19.8 Å². The third-order valence-electron chi connectivity index (χ3n) is 2.66. The standard InChI is InChI=1S/C8H17NO5/c9-7-6(3-12)14-5(2-11)4(1-10)8(7)13/h4-8,10-13H,1-3,9H2/t4-,5-,6+,7+,8+/m1/s1. The van der Waals surface area contributed by atoms with Gasteiger partial charge < -0.3 is 30.9 Å². The summed E-state index contributed by atoms with van der Waals surface area (Å²) in [6.07, 6.45) is -2.33. The summed E-state index contributed by atoms with van der Waals surface area (Å²) in [6, 6.07) is -0.736. The highest BCUT2D eigenvalue weighted by Crippen LogP contribution is 2.24. The molecule has 0 aromatic rings. The molecule has 0 bridgehead atoms. The highest BCUT2D eigenvalue weighted by Gasteiger charge is 2.42. The zero-order valence-corrected chi connectivity index (χ0v) is 7.78. The first-order valence-corrected chi connectivity index (χ1v) is 4.57. The second-order valence-electron chi connectivity index (χ2n) is 3.49. The number of nitrogens with two attached hydrogens (primary N) is 1. The van der Waals surface area contributed by atoms with Gasteiger partial charge in [-0.1, -0.05) is 0 Å². The molecular formula is C8H17NO5. The maximum absolute atomic E-state index is 9.65. The Morgan fingerprint density at radius 1 is 1.00 bits per heavy atom. The van der Waals surface area contributed by atoms with Crippen LogP contribution in [0.4, 0.5) is 0 Å². The summed E-state index contributed by atoms with van der Waals surface area (Å²) in [5, 5.41) is 36.5. The summed E-state index contributed by atoms with van der Waals surface area (Å²) in [5.41, 5.74) is 5.59. The Morgan fingerprint density at radius 3 is 2.00 bits per heavy atom. The largest absolute Gasteiger partial charge is 0.396 e. The minimum Gasteiger partial charge on any atom is -0.396 e. The number of hydrogen-bond donors (Lipinski definition) is 5. The lowest BCUT2D eigenvalue weighted by Crippen LogP contribution is -2.61. The second kappa shape index (κ2) is 5.01. The molecule has 0 aromatic carbocycles. The molecule has 0 aromatic heterocycles. The van der Waals surface area contributed by atoms with Crippen LogP contribution in [0.5, 0.6) is 0 Å². The molecule has 6 nitrogen and oxygen atoms in total. The van der Waals surface area contributed by atoms with Crippen LogP contribution in [-0.2, 0) is 4.74 Å². The van der Waals surface area contributed by atoms with Gasteiger partial charge in [0.15, 0.2) is 0 Å². The van der Waals surface area contributed by atoms with Crippen molar-refractivity contribution in [2.45, 2.75) is 24.4 Å². The Balaban J connectivity index is 2.71. The summed E-state index contributed by atoms with van der Waals surface area (Å²) in [5.74, 6) is -0.599. The molecule has 1 aliphatic rings. The van der Waals surface area contributed by atoms with E-state index < -0.39 is 30.3 Å². The van der Waals surface area contributed by atoms with Gasteiger partial charge in [-0.2, -0.15) is 0 Å². The Kier molecular flexibility index (Phi) is 4.24. The fraction of sp³-hybridized carbons (Fsp3) is 1.00. The zero-order valence-electron chi connectivity index (χ0n) is 7.78. The van der Waals surface area contributed by atoms with Crippen LogP contribution in [0.15, 0.2) is 0 Å². The zero-order chi connectivity index (χ0) is 10.7. The van der Waals surface area contributed by atoms with Gasteiger partial charge in [0.25, 0.3) is 0 Å². The van der Waals surface area contributed by atoms with Crippen molar-refractivity contribution in [3.63, 3.8) is 0 Å². The topological polar surface area (TPSA) is 116 Å². The van der Waals surface area contributed by atoms with Gasteiger partial charge in [0.1, 0.15) is 0 Å². The summed E-state index contributed by atoms with van der Waals surface area (Å²) in [4.78, 5) is 0. The lowest BCUT2D eigenvalue weighted by atomic mass is 9.86. The van der Waals surface area contributed by atoms with Crippen LogP contribution in [0.25, 0.3) is 0 Å². The molecule has 0 aliphatic carbocycles. The summed E-state index contributed by atoms with van der Waals surface area (Å²) in [7, 11) is 0. The molecule has 1 aliphatic heterocycles. The van der Waals surface area contributed by atoms with Gasteiger partial charge in [-0.05, 0) is 0 Å². The number of rotatable bonds is 3. The third kappa shape index (κ3) is 2.05. The third-order valence-corrected chi connectivity index (χ3v) is 2.66. The van der Waals surface area contributed by atoms with E-state index >= 15 is 0 Å². The highest BCUT2D eigenvalue weighted by molar-refractivity contribution is 4.93. The maximum Gasteiger partial charge on any atom is 0.0986 e. The molecule has 1 fully saturated rings. The number of ether oxygens (including phenoxy) is 1. The van der Waals surface area contributed by atoms with Crippen molar-refractivity contribution in [1.82, 2.24) is 0 Å². The lowest BCUT2D eigenvalue weighted by Gasteiger charge is -2.41. The number of aliphatic hydroxyl groups is 4. The molecule has 0 saturated carbocycles. The van der Waals surface area contributed by atoms with Crippen molar-refractivity contribution in [2.24, 2.45) is 11.7 Å². The minimum absolute atomic E-state index is 0.307. The molecule has 6 heteroatoms. The quantitative estimate of drug-likeness (QED) is 0.337. The smallest absolute Gasteiger partial charge is 0.0986 e. The first kappa shape index (κ1) is 11.8. The molecule has 1 heterocycles. The van der Waals surface area contributed by atoms with Crippen molar-refractivity contribution in [3.8, 4) is 0 Å². The van der Waals surface area contributed by atoms with Gasteiger partial charge in [-0.25, -0.2) is 0 Å². The minimum atomic E-state index is -0.969. The van der Waals surface area contributed by atoms with Gasteiger partial charge >= 0.3 is 0 Å². The van der Waals surface area contributed by atoms with Gasteiger partial charge in [0, 0.05) is 5.92 Å². The van der Waals surface area contributed by atoms with Gasteiger partial charge in [0.2, 0.25) is 0 Å². The van der Waals surface area contributed by atoms with Crippen molar-refractivity contribution in [3.05, 3.63) is 0 Å². The van der Waals surface area contributed by atoms with Crippen LogP contribution in [-0.4, -0.2) is 64.6 Å². The van der Waals surface area contributed by atoms with Crippen LogP contribution in [0.2, 0.25) is 0 Å². The van der Waals surface area contributed by atoms with Gasteiger partial charge in [0.05, 0.1) is 44.2 Å². The van der Waals surface area contributed by atoms with Gasteiger partial charge in [-0.3, -0.25) is 0 Å². The normalized spacial score (nSPS) is 43.9. The summed E-state index contributed by atoms with van der Waals surface area (Å²) < 4.78 is 5.23. The van der Waals surface area contributed by atoms with Crippen molar-refractivity contribution in [1.29, 1.82) is 0 Å². The second-order valence-corrected chi connectivity index (χ2v) is 3.49. The fourth-order valence-electron chi connectivity index (χ4n) is 1.71. The first-order valence-electron chi connectivity index (χ1n) is 4.57. The number of aliphatic hydroxyl groups excluding tert-OH is 4. The average molecular weight is 207 g/mol. The average Bonchev–Trinajstić information content (AvgIpc) is 2.21. The van der Waals surface area contributed by atoms with Crippen molar-refractivity contribution >= 4 is 0 Å². The molecule has 6 N–H and O–H groups in total. The Labute approximate surface area is 81.9 Å². The molecule has 0 unspecified atom stereocenters. The SMILES string of the molecule is N[C@@H]1[C@@H](O)[C@H](CO)[C@@H](CO)O[C@H]1CO. The predicted molar refractivity (Wildman–Crippen MR) is 47.4 cm³/mol. The van der Waals surface area contributed by atoms with Crippen LogP contribution in [0.1, 0.15) is 0 Å².